The third kappa shape index (κ3) is 17.4. The van der Waals surface area contributed by atoms with Gasteiger partial charge in [0.25, 0.3) is 0 Å². The number of carbonyl (C=O) groups is 1. The van der Waals surface area contributed by atoms with E-state index in [0.29, 0.717) is 13.0 Å². The first-order chi connectivity index (χ1) is 13.7. The van der Waals surface area contributed by atoms with E-state index < -0.39 is 0 Å². The van der Waals surface area contributed by atoms with Crippen LogP contribution in [0.3, 0.4) is 0 Å². The molecule has 5 heteroatoms. The van der Waals surface area contributed by atoms with Crippen LogP contribution in [0, 0.1) is 0 Å². The number of hydrogen-bond donors (Lipinski definition) is 2. The number of hydrogen-bond acceptors (Lipinski definition) is 5. The van der Waals surface area contributed by atoms with Gasteiger partial charge >= 0.3 is 5.97 Å². The summed E-state index contributed by atoms with van der Waals surface area (Å²) >= 11 is 0. The molecule has 0 amide bonds. The standard InChI is InChI=1S/C23H46O5/c1-3-4-5-6-8-11-16-21(25)22(28-20-15-14-19-24)17-12-9-7-10-13-18-23(26)27-2/h21-22,24-25H,3-20H2,1-2H3. The van der Waals surface area contributed by atoms with E-state index in [9.17, 15) is 9.90 Å². The van der Waals surface area contributed by atoms with Crippen LogP contribution in [-0.4, -0.2) is 48.7 Å². The second kappa shape index (κ2) is 21.1. The maximum Gasteiger partial charge on any atom is 0.305 e. The minimum absolute atomic E-state index is 0.0931. The van der Waals surface area contributed by atoms with Crippen molar-refractivity contribution in [1.29, 1.82) is 0 Å². The maximum absolute atomic E-state index is 11.1. The summed E-state index contributed by atoms with van der Waals surface area (Å²) < 4.78 is 10.6. The Balaban J connectivity index is 3.98. The van der Waals surface area contributed by atoms with Gasteiger partial charge in [-0.05, 0) is 32.1 Å². The number of rotatable bonds is 21. The second-order valence-electron chi connectivity index (χ2n) is 7.85. The third-order valence-corrected chi connectivity index (χ3v) is 5.26. The van der Waals surface area contributed by atoms with Gasteiger partial charge in [0.1, 0.15) is 0 Å². The quantitative estimate of drug-likeness (QED) is 0.205. The molecule has 0 aromatic heterocycles. The molecule has 0 aromatic rings. The number of methoxy groups -OCH3 is 1. The lowest BCUT2D eigenvalue weighted by molar-refractivity contribution is -0.140. The fourth-order valence-corrected chi connectivity index (χ4v) is 3.40. The van der Waals surface area contributed by atoms with Crippen molar-refractivity contribution in [3.05, 3.63) is 0 Å². The highest BCUT2D eigenvalue weighted by Gasteiger charge is 2.19. The van der Waals surface area contributed by atoms with Crippen molar-refractivity contribution in [2.24, 2.45) is 0 Å². The Hall–Kier alpha value is -0.650. The Morgan fingerprint density at radius 2 is 1.43 bits per heavy atom. The third-order valence-electron chi connectivity index (χ3n) is 5.26. The van der Waals surface area contributed by atoms with Gasteiger partial charge in [0.2, 0.25) is 0 Å². The molecule has 0 saturated heterocycles. The van der Waals surface area contributed by atoms with Gasteiger partial charge < -0.3 is 19.7 Å². The smallest absolute Gasteiger partial charge is 0.305 e. The van der Waals surface area contributed by atoms with E-state index in [4.69, 9.17) is 9.84 Å². The molecular formula is C23H46O5. The van der Waals surface area contributed by atoms with Gasteiger partial charge in [-0.15, -0.1) is 0 Å². The maximum atomic E-state index is 11.1. The van der Waals surface area contributed by atoms with Crippen molar-refractivity contribution in [2.75, 3.05) is 20.3 Å². The molecule has 0 aliphatic carbocycles. The molecule has 168 valence electrons. The van der Waals surface area contributed by atoms with E-state index in [1.165, 1.54) is 39.2 Å². The van der Waals surface area contributed by atoms with Gasteiger partial charge in [0.15, 0.2) is 0 Å². The summed E-state index contributed by atoms with van der Waals surface area (Å²) in [5.41, 5.74) is 0. The highest BCUT2D eigenvalue weighted by molar-refractivity contribution is 5.68. The zero-order valence-electron chi connectivity index (χ0n) is 18.5. The zero-order valence-corrected chi connectivity index (χ0v) is 18.5. The summed E-state index contributed by atoms with van der Waals surface area (Å²) in [5.74, 6) is -0.130. The predicted molar refractivity (Wildman–Crippen MR) is 114 cm³/mol. The van der Waals surface area contributed by atoms with Gasteiger partial charge in [-0.3, -0.25) is 4.79 Å². The van der Waals surface area contributed by atoms with E-state index in [-0.39, 0.29) is 24.8 Å². The van der Waals surface area contributed by atoms with Crippen LogP contribution in [0.4, 0.5) is 0 Å². The summed E-state index contributed by atoms with van der Waals surface area (Å²) in [5, 5.41) is 19.5. The van der Waals surface area contributed by atoms with E-state index in [0.717, 1.165) is 64.2 Å². The fraction of sp³-hybridized carbons (Fsp3) is 0.957. The van der Waals surface area contributed by atoms with Crippen LogP contribution in [0.25, 0.3) is 0 Å². The summed E-state index contributed by atoms with van der Waals surface area (Å²) in [7, 11) is 1.43. The van der Waals surface area contributed by atoms with E-state index in [2.05, 4.69) is 11.7 Å². The zero-order chi connectivity index (χ0) is 20.9. The van der Waals surface area contributed by atoms with Crippen LogP contribution in [0.5, 0.6) is 0 Å². The largest absolute Gasteiger partial charge is 0.469 e. The first-order valence-corrected chi connectivity index (χ1v) is 11.6. The van der Waals surface area contributed by atoms with Crippen LogP contribution in [-0.2, 0) is 14.3 Å². The van der Waals surface area contributed by atoms with Crippen molar-refractivity contribution in [3.63, 3.8) is 0 Å². The molecule has 0 heterocycles. The molecule has 2 unspecified atom stereocenters. The van der Waals surface area contributed by atoms with Gasteiger partial charge in [0, 0.05) is 19.6 Å². The first kappa shape index (κ1) is 27.4. The molecule has 28 heavy (non-hydrogen) atoms. The van der Waals surface area contributed by atoms with E-state index >= 15 is 0 Å². The highest BCUT2D eigenvalue weighted by Crippen LogP contribution is 2.18. The van der Waals surface area contributed by atoms with Crippen LogP contribution >= 0.6 is 0 Å². The number of ether oxygens (including phenoxy) is 2. The number of carbonyl (C=O) groups excluding carboxylic acids is 1. The Morgan fingerprint density at radius 3 is 2.07 bits per heavy atom. The van der Waals surface area contributed by atoms with Gasteiger partial charge in [-0.1, -0.05) is 71.1 Å². The van der Waals surface area contributed by atoms with Crippen LogP contribution in [0.1, 0.15) is 110 Å². The molecule has 0 saturated carbocycles. The Morgan fingerprint density at radius 1 is 0.821 bits per heavy atom. The van der Waals surface area contributed by atoms with Crippen molar-refractivity contribution in [3.8, 4) is 0 Å². The average molecular weight is 403 g/mol. The highest BCUT2D eigenvalue weighted by atomic mass is 16.5. The molecular weight excluding hydrogens is 356 g/mol. The Kier molecular flexibility index (Phi) is 20.6. The van der Waals surface area contributed by atoms with Crippen LogP contribution < -0.4 is 0 Å². The summed E-state index contributed by atoms with van der Waals surface area (Å²) in [6, 6.07) is 0. The van der Waals surface area contributed by atoms with E-state index in [1.54, 1.807) is 0 Å². The monoisotopic (exact) mass is 402 g/mol. The number of aliphatic hydroxyl groups is 2. The SMILES string of the molecule is CCCCCCCCC(O)C(CCCCCCCC(=O)OC)OCCCCO. The molecule has 0 radical (unpaired) electrons. The molecule has 0 aliphatic rings. The molecule has 0 aromatic carbocycles. The summed E-state index contributed by atoms with van der Waals surface area (Å²) in [4.78, 5) is 11.1. The van der Waals surface area contributed by atoms with Crippen molar-refractivity contribution >= 4 is 5.97 Å². The lowest BCUT2D eigenvalue weighted by Crippen LogP contribution is -2.29. The number of aliphatic hydroxyl groups excluding tert-OH is 2. The molecule has 2 N–H and O–H groups in total. The van der Waals surface area contributed by atoms with Crippen LogP contribution in [0.15, 0.2) is 0 Å². The van der Waals surface area contributed by atoms with Crippen molar-refractivity contribution in [1.82, 2.24) is 0 Å². The number of esters is 1. The van der Waals surface area contributed by atoms with Crippen LogP contribution in [0.2, 0.25) is 0 Å². The first-order valence-electron chi connectivity index (χ1n) is 11.6. The van der Waals surface area contributed by atoms with Gasteiger partial charge in [0.05, 0.1) is 19.3 Å². The molecule has 0 fully saturated rings. The van der Waals surface area contributed by atoms with Crippen molar-refractivity contribution < 1.29 is 24.5 Å². The molecule has 5 nitrogen and oxygen atoms in total. The van der Waals surface area contributed by atoms with Crippen molar-refractivity contribution in [2.45, 2.75) is 122 Å². The summed E-state index contributed by atoms with van der Waals surface area (Å²) in [6.07, 6.45) is 15.8. The molecule has 0 rings (SSSR count). The fourth-order valence-electron chi connectivity index (χ4n) is 3.40. The topological polar surface area (TPSA) is 76.0 Å². The second-order valence-corrected chi connectivity index (χ2v) is 7.85. The average Bonchev–Trinajstić information content (AvgIpc) is 2.70. The lowest BCUT2D eigenvalue weighted by Gasteiger charge is -2.23. The predicted octanol–water partition coefficient (Wildman–Crippen LogP) is 5.16. The minimum atomic E-state index is -0.389. The van der Waals surface area contributed by atoms with Gasteiger partial charge in [-0.25, -0.2) is 0 Å². The summed E-state index contributed by atoms with van der Waals surface area (Å²) in [6.45, 7) is 3.03. The lowest BCUT2D eigenvalue weighted by atomic mass is 9.99. The molecule has 0 aliphatic heterocycles. The normalized spacial score (nSPS) is 13.4. The molecule has 0 spiro atoms. The van der Waals surface area contributed by atoms with E-state index in [1.807, 2.05) is 0 Å². The van der Waals surface area contributed by atoms with Gasteiger partial charge in [-0.2, -0.15) is 0 Å². The number of unbranched alkanes of at least 4 members (excludes halogenated alkanes) is 10. The Labute approximate surface area is 173 Å². The Bertz CT molecular complexity index is 335. The molecule has 2 atom stereocenters. The minimum Gasteiger partial charge on any atom is -0.469 e. The molecule has 0 bridgehead atoms.